The predicted molar refractivity (Wildman–Crippen MR) is 75.2 cm³/mol. The van der Waals surface area contributed by atoms with Crippen LogP contribution in [0.15, 0.2) is 23.0 Å². The van der Waals surface area contributed by atoms with E-state index < -0.39 is 11.7 Å². The number of aryl methyl sites for hydroxylation is 1. The third-order valence-corrected chi connectivity index (χ3v) is 4.14. The average Bonchev–Trinajstić information content (AvgIpc) is 2.66. The molecule has 0 bridgehead atoms. The monoisotopic (exact) mass is 295 g/mol. The Morgan fingerprint density at radius 1 is 1.45 bits per heavy atom. The fourth-order valence-electron chi connectivity index (χ4n) is 1.86. The molecule has 7 heteroatoms. The Labute approximate surface area is 118 Å². The second-order valence-electron chi connectivity index (χ2n) is 4.38. The van der Waals surface area contributed by atoms with Gasteiger partial charge in [-0.3, -0.25) is 19.6 Å². The Kier molecular flexibility index (Phi) is 4.01. The minimum atomic E-state index is -0.503. The number of benzene rings is 1. The summed E-state index contributed by atoms with van der Waals surface area (Å²) in [6.45, 7) is 3.74. The maximum absolute atomic E-state index is 13.8. The van der Waals surface area contributed by atoms with Crippen LogP contribution in [0.1, 0.15) is 26.5 Å². The van der Waals surface area contributed by atoms with Crippen molar-refractivity contribution in [1.82, 2.24) is 9.99 Å². The molecule has 0 aliphatic rings. The Morgan fingerprint density at radius 3 is 2.70 bits per heavy atom. The van der Waals surface area contributed by atoms with Gasteiger partial charge >= 0.3 is 4.87 Å². The van der Waals surface area contributed by atoms with Crippen molar-refractivity contribution >= 4 is 17.2 Å². The van der Waals surface area contributed by atoms with E-state index in [1.807, 2.05) is 19.3 Å². The number of nitrogen functional groups attached to an aromatic ring is 1. The van der Waals surface area contributed by atoms with E-state index in [0.717, 1.165) is 21.9 Å². The summed E-state index contributed by atoms with van der Waals surface area (Å²) in [6, 6.07) is 3.94. The summed E-state index contributed by atoms with van der Waals surface area (Å²) >= 11 is 1.12. The van der Waals surface area contributed by atoms with Gasteiger partial charge in [-0.25, -0.2) is 10.2 Å². The van der Waals surface area contributed by atoms with E-state index in [0.29, 0.717) is 0 Å². The highest BCUT2D eigenvalue weighted by molar-refractivity contribution is 7.09. The zero-order valence-corrected chi connectivity index (χ0v) is 11.9. The topological polar surface area (TPSA) is 77.1 Å². The third kappa shape index (κ3) is 2.63. The van der Waals surface area contributed by atoms with Gasteiger partial charge in [0.25, 0.3) is 5.91 Å². The van der Waals surface area contributed by atoms with Crippen molar-refractivity contribution in [2.75, 3.05) is 0 Å². The summed E-state index contributed by atoms with van der Waals surface area (Å²) in [5, 5.41) is 0. The molecule has 0 atom stereocenters. The minimum Gasteiger partial charge on any atom is -0.299 e. The fourth-order valence-corrected chi connectivity index (χ4v) is 2.69. The average molecular weight is 295 g/mol. The highest BCUT2D eigenvalue weighted by Crippen LogP contribution is 2.15. The van der Waals surface area contributed by atoms with Crippen molar-refractivity contribution in [2.45, 2.75) is 20.4 Å². The molecule has 0 saturated heterocycles. The molecule has 20 heavy (non-hydrogen) atoms. The van der Waals surface area contributed by atoms with Gasteiger partial charge in [0.15, 0.2) is 0 Å². The van der Waals surface area contributed by atoms with Gasteiger partial charge in [-0.2, -0.15) is 0 Å². The van der Waals surface area contributed by atoms with Crippen LogP contribution in [-0.4, -0.2) is 10.5 Å². The smallest absolute Gasteiger partial charge is 0.299 e. The van der Waals surface area contributed by atoms with E-state index in [1.165, 1.54) is 22.8 Å². The first-order valence-electron chi connectivity index (χ1n) is 5.90. The molecular weight excluding hydrogens is 281 g/mol. The van der Waals surface area contributed by atoms with E-state index in [1.54, 1.807) is 0 Å². The Balaban J connectivity index is 2.43. The Morgan fingerprint density at radius 2 is 2.15 bits per heavy atom. The van der Waals surface area contributed by atoms with Crippen LogP contribution in [0.25, 0.3) is 0 Å². The molecule has 0 saturated carbocycles. The number of carbonyl (C=O) groups excluding carboxylic acids is 1. The van der Waals surface area contributed by atoms with Gasteiger partial charge in [-0.05, 0) is 32.0 Å². The van der Waals surface area contributed by atoms with Crippen LogP contribution in [0, 0.1) is 19.7 Å². The molecule has 0 aliphatic heterocycles. The largest absolute Gasteiger partial charge is 0.307 e. The molecule has 1 aromatic heterocycles. The lowest BCUT2D eigenvalue weighted by molar-refractivity contribution is 0.0953. The number of thiazole rings is 1. The number of nitrogens with two attached hydrogens (primary N) is 1. The zero-order chi connectivity index (χ0) is 14.9. The second-order valence-corrected chi connectivity index (χ2v) is 5.54. The minimum absolute atomic E-state index is 0.0898. The lowest BCUT2D eigenvalue weighted by atomic mass is 10.1. The van der Waals surface area contributed by atoms with E-state index in [-0.39, 0.29) is 22.5 Å². The molecule has 1 amide bonds. The third-order valence-electron chi connectivity index (χ3n) is 3.14. The lowest BCUT2D eigenvalue weighted by Crippen LogP contribution is -2.30. The van der Waals surface area contributed by atoms with Crippen LogP contribution < -0.4 is 16.1 Å². The van der Waals surface area contributed by atoms with Crippen LogP contribution in [0.3, 0.4) is 0 Å². The van der Waals surface area contributed by atoms with Gasteiger partial charge in [-0.1, -0.05) is 11.3 Å². The number of carbonyl (C=O) groups is 1. The maximum atomic E-state index is 13.8. The van der Waals surface area contributed by atoms with Crippen molar-refractivity contribution in [2.24, 2.45) is 5.84 Å². The number of nitrogens with zero attached hydrogens (tertiary/aromatic N) is 1. The standard InChI is InChI=1S/C13H14FN3O2S/c1-7-8(2)20-13(19)17(7)6-10-5-9(12(18)16-15)3-4-11(10)14/h3-5H,6,15H2,1-2H3,(H,16,18). The molecule has 2 rings (SSSR count). The molecule has 2 aromatic rings. The van der Waals surface area contributed by atoms with Crippen molar-refractivity contribution in [1.29, 1.82) is 0 Å². The Hall–Kier alpha value is -1.99. The van der Waals surface area contributed by atoms with E-state index in [4.69, 9.17) is 5.84 Å². The predicted octanol–water partition coefficient (Wildman–Crippen LogP) is 1.32. The van der Waals surface area contributed by atoms with Gasteiger partial charge in [0.05, 0.1) is 6.54 Å². The van der Waals surface area contributed by atoms with Crippen molar-refractivity contribution in [3.63, 3.8) is 0 Å². The molecule has 1 heterocycles. The number of hydrazine groups is 1. The summed E-state index contributed by atoms with van der Waals surface area (Å²) in [7, 11) is 0. The number of nitrogens with one attached hydrogen (secondary N) is 1. The second kappa shape index (κ2) is 5.56. The number of halogens is 1. The van der Waals surface area contributed by atoms with Gasteiger partial charge in [0.1, 0.15) is 5.82 Å². The first-order valence-corrected chi connectivity index (χ1v) is 6.72. The number of amides is 1. The molecule has 0 spiro atoms. The fraction of sp³-hybridized carbons (Fsp3) is 0.231. The molecule has 3 N–H and O–H groups in total. The molecule has 1 aromatic carbocycles. The van der Waals surface area contributed by atoms with E-state index in [2.05, 4.69) is 0 Å². The number of rotatable bonds is 3. The normalized spacial score (nSPS) is 10.6. The SMILES string of the molecule is Cc1sc(=O)n(Cc2cc(C(=O)NN)ccc2F)c1C. The summed E-state index contributed by atoms with van der Waals surface area (Å²) < 4.78 is 15.3. The molecule has 0 radical (unpaired) electrons. The van der Waals surface area contributed by atoms with Gasteiger partial charge < -0.3 is 0 Å². The Bertz CT molecular complexity index is 721. The van der Waals surface area contributed by atoms with Crippen LogP contribution in [-0.2, 0) is 6.54 Å². The van der Waals surface area contributed by atoms with Gasteiger partial charge in [0.2, 0.25) is 0 Å². The lowest BCUT2D eigenvalue weighted by Gasteiger charge is -2.08. The van der Waals surface area contributed by atoms with Crippen molar-refractivity contribution < 1.29 is 9.18 Å². The van der Waals surface area contributed by atoms with Gasteiger partial charge in [-0.15, -0.1) is 0 Å². The number of aromatic nitrogens is 1. The quantitative estimate of drug-likeness (QED) is 0.509. The highest BCUT2D eigenvalue weighted by atomic mass is 32.1. The first-order chi connectivity index (χ1) is 9.43. The molecule has 0 fully saturated rings. The summed E-state index contributed by atoms with van der Waals surface area (Å²) in [4.78, 5) is 24.0. The summed E-state index contributed by atoms with van der Waals surface area (Å²) in [6.07, 6.45) is 0. The molecule has 5 nitrogen and oxygen atoms in total. The van der Waals surface area contributed by atoms with Gasteiger partial charge in [0, 0.05) is 21.7 Å². The summed E-state index contributed by atoms with van der Waals surface area (Å²) in [5.41, 5.74) is 3.31. The molecule has 0 aliphatic carbocycles. The molecular formula is C13H14FN3O2S. The van der Waals surface area contributed by atoms with Crippen LogP contribution in [0.2, 0.25) is 0 Å². The van der Waals surface area contributed by atoms with Crippen molar-refractivity contribution in [3.05, 3.63) is 55.4 Å². The zero-order valence-electron chi connectivity index (χ0n) is 11.1. The van der Waals surface area contributed by atoms with Crippen molar-refractivity contribution in [3.8, 4) is 0 Å². The molecule has 106 valence electrons. The van der Waals surface area contributed by atoms with Crippen LogP contribution in [0.4, 0.5) is 4.39 Å². The first kappa shape index (κ1) is 14.4. The van der Waals surface area contributed by atoms with Crippen LogP contribution in [0.5, 0.6) is 0 Å². The number of hydrogen-bond acceptors (Lipinski definition) is 4. The van der Waals surface area contributed by atoms with E-state index in [9.17, 15) is 14.0 Å². The molecule has 0 unspecified atom stereocenters. The maximum Gasteiger partial charge on any atom is 0.307 e. The summed E-state index contributed by atoms with van der Waals surface area (Å²) in [5.74, 6) is 4.08. The highest BCUT2D eigenvalue weighted by Gasteiger charge is 2.13. The van der Waals surface area contributed by atoms with Crippen LogP contribution >= 0.6 is 11.3 Å². The van der Waals surface area contributed by atoms with E-state index >= 15 is 0 Å². The number of hydrogen-bond donors (Lipinski definition) is 2.